The molecule has 0 saturated carbocycles. The maximum absolute atomic E-state index is 12.9. The fraction of sp³-hybridized carbons (Fsp3) is 0.273. The van der Waals surface area contributed by atoms with Gasteiger partial charge in [-0.3, -0.25) is 14.4 Å². The number of carbonyl (C=O) groups is 3. The number of allylic oxidation sites excluding steroid dienone is 1. The van der Waals surface area contributed by atoms with E-state index in [2.05, 4.69) is 0 Å². The molecule has 3 rings (SSSR count). The average molecular weight is 423 g/mol. The van der Waals surface area contributed by atoms with Crippen LogP contribution >= 0.6 is 11.3 Å². The third-order valence-electron chi connectivity index (χ3n) is 4.90. The number of esters is 1. The van der Waals surface area contributed by atoms with Gasteiger partial charge >= 0.3 is 5.97 Å². The van der Waals surface area contributed by atoms with Gasteiger partial charge in [0.15, 0.2) is 6.61 Å². The Kier molecular flexibility index (Phi) is 6.33. The number of nitrogens with two attached hydrogens (primary N) is 1. The number of ether oxygens (including phenoxy) is 1. The van der Waals surface area contributed by atoms with Gasteiger partial charge in [0.05, 0.1) is 12.0 Å². The van der Waals surface area contributed by atoms with E-state index in [1.807, 2.05) is 48.7 Å². The third-order valence-corrected chi connectivity index (χ3v) is 5.85. The fourth-order valence-corrected chi connectivity index (χ4v) is 4.31. The Bertz CT molecular complexity index is 1030. The van der Waals surface area contributed by atoms with Crippen LogP contribution in [0.25, 0.3) is 0 Å². The minimum atomic E-state index is -0.765. The summed E-state index contributed by atoms with van der Waals surface area (Å²) in [5.41, 5.74) is 7.11. The van der Waals surface area contributed by atoms with Crippen molar-refractivity contribution in [1.82, 2.24) is 0 Å². The molecular formula is C22H21N3O4S. The third kappa shape index (κ3) is 4.26. The van der Waals surface area contributed by atoms with Gasteiger partial charge in [0.1, 0.15) is 11.6 Å². The van der Waals surface area contributed by atoms with E-state index in [0.29, 0.717) is 5.69 Å². The second kappa shape index (κ2) is 8.93. The Labute approximate surface area is 178 Å². The Morgan fingerprint density at radius 2 is 2.00 bits per heavy atom. The smallest absolute Gasteiger partial charge is 0.312 e. The monoisotopic (exact) mass is 423 g/mol. The summed E-state index contributed by atoms with van der Waals surface area (Å²) in [6, 6.07) is 12.4. The number of hydrogen-bond acceptors (Lipinski definition) is 7. The number of carbonyl (C=O) groups excluding carboxylic acids is 3. The summed E-state index contributed by atoms with van der Waals surface area (Å²) in [6.07, 6.45) is -0.0275. The molecule has 2 heterocycles. The molecule has 0 radical (unpaired) electrons. The molecule has 2 N–H and O–H groups in total. The second-order valence-electron chi connectivity index (χ2n) is 7.07. The fourth-order valence-electron chi connectivity index (χ4n) is 3.43. The summed E-state index contributed by atoms with van der Waals surface area (Å²) >= 11 is 1.45. The predicted octanol–water partition coefficient (Wildman–Crippen LogP) is 3.02. The lowest BCUT2D eigenvalue weighted by Gasteiger charge is -2.27. The first kappa shape index (κ1) is 21.3. The number of amides is 1. The molecule has 0 bridgehead atoms. The van der Waals surface area contributed by atoms with E-state index in [4.69, 9.17) is 15.7 Å². The standard InChI is InChI=1S/C22H21N3O4S/c1-13-5-7-15(8-6-13)25-20(27)10-16(21(25)19-4-3-9-30-19)22(28)29-12-18(26)17(11-23)14(2)24/h3-9,16,21H,10,12,24H2,1-2H3/b17-14+/t16-,21-/m0/s1. The summed E-state index contributed by atoms with van der Waals surface area (Å²) in [7, 11) is 0. The molecule has 7 nitrogen and oxygen atoms in total. The highest BCUT2D eigenvalue weighted by Gasteiger charge is 2.46. The maximum Gasteiger partial charge on any atom is 0.312 e. The molecule has 8 heteroatoms. The van der Waals surface area contributed by atoms with Crippen LogP contribution < -0.4 is 10.6 Å². The number of nitriles is 1. The molecule has 1 fully saturated rings. The Morgan fingerprint density at radius 1 is 1.30 bits per heavy atom. The van der Waals surface area contributed by atoms with Gasteiger partial charge in [-0.1, -0.05) is 23.8 Å². The molecule has 2 aromatic rings. The van der Waals surface area contributed by atoms with Crippen molar-refractivity contribution in [3.05, 3.63) is 63.5 Å². The van der Waals surface area contributed by atoms with Gasteiger partial charge < -0.3 is 15.4 Å². The van der Waals surface area contributed by atoms with Crippen molar-refractivity contribution in [3.8, 4) is 6.07 Å². The van der Waals surface area contributed by atoms with Crippen molar-refractivity contribution < 1.29 is 19.1 Å². The molecule has 1 aliphatic heterocycles. The van der Waals surface area contributed by atoms with Crippen LogP contribution in [0.1, 0.15) is 29.8 Å². The number of Topliss-reactive ketones (excluding diaryl/α,β-unsaturated/α-hetero) is 1. The second-order valence-corrected chi connectivity index (χ2v) is 8.05. The zero-order valence-electron chi connectivity index (χ0n) is 16.6. The summed E-state index contributed by atoms with van der Waals surface area (Å²) in [4.78, 5) is 40.3. The molecule has 154 valence electrons. The molecule has 1 saturated heterocycles. The maximum atomic E-state index is 12.9. The molecule has 30 heavy (non-hydrogen) atoms. The highest BCUT2D eigenvalue weighted by molar-refractivity contribution is 7.10. The number of thiophene rings is 1. The molecule has 1 aliphatic rings. The van der Waals surface area contributed by atoms with Gasteiger partial charge in [-0.15, -0.1) is 11.3 Å². The van der Waals surface area contributed by atoms with Crippen molar-refractivity contribution in [3.63, 3.8) is 0 Å². The summed E-state index contributed by atoms with van der Waals surface area (Å²) < 4.78 is 5.20. The number of aryl methyl sites for hydroxylation is 1. The van der Waals surface area contributed by atoms with Gasteiger partial charge in [0.25, 0.3) is 0 Å². The van der Waals surface area contributed by atoms with E-state index in [-0.39, 0.29) is 23.6 Å². The van der Waals surface area contributed by atoms with E-state index in [0.717, 1.165) is 10.4 Å². The zero-order chi connectivity index (χ0) is 21.8. The summed E-state index contributed by atoms with van der Waals surface area (Å²) in [6.45, 7) is 2.79. The quantitative estimate of drug-likeness (QED) is 0.434. The number of anilines is 1. The van der Waals surface area contributed by atoms with Crippen molar-refractivity contribution >= 4 is 34.7 Å². The Balaban J connectivity index is 1.85. The lowest BCUT2D eigenvalue weighted by atomic mass is 9.98. The van der Waals surface area contributed by atoms with Crippen LogP contribution in [0, 0.1) is 24.2 Å². The molecule has 2 atom stereocenters. The van der Waals surface area contributed by atoms with Crippen LogP contribution in [0.4, 0.5) is 5.69 Å². The van der Waals surface area contributed by atoms with Crippen molar-refractivity contribution in [2.45, 2.75) is 26.3 Å². The molecule has 1 aromatic heterocycles. The lowest BCUT2D eigenvalue weighted by molar-refractivity contribution is -0.151. The molecule has 0 aliphatic carbocycles. The Morgan fingerprint density at radius 3 is 2.57 bits per heavy atom. The van der Waals surface area contributed by atoms with Crippen LogP contribution in [0.15, 0.2) is 53.0 Å². The van der Waals surface area contributed by atoms with Gasteiger partial charge in [0, 0.05) is 22.7 Å². The summed E-state index contributed by atoms with van der Waals surface area (Å²) in [5.74, 6) is -2.28. The van der Waals surface area contributed by atoms with Crippen molar-refractivity contribution in [1.29, 1.82) is 5.26 Å². The zero-order valence-corrected chi connectivity index (χ0v) is 17.4. The first-order valence-corrected chi connectivity index (χ1v) is 10.2. The number of nitrogens with zero attached hydrogens (tertiary/aromatic N) is 2. The SMILES string of the molecule is C/C(N)=C(/C#N)C(=O)COC(=O)[C@H]1CC(=O)N(c2ccc(C)cc2)[C@@H]1c1cccs1. The van der Waals surface area contributed by atoms with E-state index in [1.165, 1.54) is 18.3 Å². The highest BCUT2D eigenvalue weighted by atomic mass is 32.1. The predicted molar refractivity (Wildman–Crippen MR) is 112 cm³/mol. The molecule has 0 unspecified atom stereocenters. The molecule has 1 amide bonds. The number of benzene rings is 1. The average Bonchev–Trinajstić information content (AvgIpc) is 3.34. The minimum absolute atomic E-state index is 0.0275. The number of hydrogen-bond donors (Lipinski definition) is 1. The lowest BCUT2D eigenvalue weighted by Crippen LogP contribution is -2.31. The molecular weight excluding hydrogens is 402 g/mol. The van der Waals surface area contributed by atoms with Crippen LogP contribution in [-0.4, -0.2) is 24.3 Å². The molecule has 1 aromatic carbocycles. The van der Waals surface area contributed by atoms with Crippen molar-refractivity contribution in [2.75, 3.05) is 11.5 Å². The summed E-state index contributed by atoms with van der Waals surface area (Å²) in [5, 5.41) is 10.9. The highest BCUT2D eigenvalue weighted by Crippen LogP contribution is 2.43. The van der Waals surface area contributed by atoms with Crippen LogP contribution in [0.5, 0.6) is 0 Å². The van der Waals surface area contributed by atoms with Crippen molar-refractivity contribution in [2.24, 2.45) is 11.7 Å². The van der Waals surface area contributed by atoms with Crippen LogP contribution in [-0.2, 0) is 19.1 Å². The van der Waals surface area contributed by atoms with Gasteiger partial charge in [-0.25, -0.2) is 0 Å². The van der Waals surface area contributed by atoms with E-state index >= 15 is 0 Å². The Hall–Kier alpha value is -3.44. The van der Waals surface area contributed by atoms with Crippen LogP contribution in [0.2, 0.25) is 0 Å². The first-order valence-electron chi connectivity index (χ1n) is 9.32. The molecule has 0 spiro atoms. The first-order chi connectivity index (χ1) is 14.3. The van der Waals surface area contributed by atoms with Gasteiger partial charge in [-0.05, 0) is 37.4 Å². The van der Waals surface area contributed by atoms with E-state index in [9.17, 15) is 14.4 Å². The van der Waals surface area contributed by atoms with E-state index in [1.54, 1.807) is 11.0 Å². The normalized spacial score (nSPS) is 19.2. The van der Waals surface area contributed by atoms with Gasteiger partial charge in [0.2, 0.25) is 11.7 Å². The number of ketones is 1. The van der Waals surface area contributed by atoms with E-state index < -0.39 is 30.3 Å². The largest absolute Gasteiger partial charge is 0.457 e. The van der Waals surface area contributed by atoms with Gasteiger partial charge in [-0.2, -0.15) is 5.26 Å². The number of rotatable bonds is 6. The van der Waals surface area contributed by atoms with Crippen LogP contribution in [0.3, 0.4) is 0 Å². The minimum Gasteiger partial charge on any atom is -0.457 e. The topological polar surface area (TPSA) is 113 Å².